The van der Waals surface area contributed by atoms with Crippen LogP contribution in [0.1, 0.15) is 29.2 Å². The first kappa shape index (κ1) is 19.8. The first-order valence-electron chi connectivity index (χ1n) is 8.09. The van der Waals surface area contributed by atoms with Gasteiger partial charge in [0.15, 0.2) is 5.76 Å². The van der Waals surface area contributed by atoms with Crippen LogP contribution in [0.25, 0.3) is 0 Å². The van der Waals surface area contributed by atoms with Crippen LogP contribution in [0.5, 0.6) is 5.75 Å². The van der Waals surface area contributed by atoms with Gasteiger partial charge in [0.1, 0.15) is 18.1 Å². The van der Waals surface area contributed by atoms with E-state index in [9.17, 15) is 4.79 Å². The number of ether oxygens (including phenoxy) is 1. The third-order valence-electron chi connectivity index (χ3n) is 4.17. The molecule has 1 aromatic heterocycles. The van der Waals surface area contributed by atoms with Gasteiger partial charge in [-0.25, -0.2) is 0 Å². The van der Waals surface area contributed by atoms with E-state index >= 15 is 0 Å². The highest BCUT2D eigenvalue weighted by Gasteiger charge is 2.25. The molecule has 2 aromatic rings. The summed E-state index contributed by atoms with van der Waals surface area (Å²) in [6, 6.07) is 11.5. The number of halogens is 2. The molecule has 0 saturated carbocycles. The number of benzene rings is 1. The van der Waals surface area contributed by atoms with Gasteiger partial charge in [0.2, 0.25) is 0 Å². The number of carbonyl (C=O) groups is 1. The number of piperidine rings is 1. The molecule has 1 aliphatic heterocycles. The van der Waals surface area contributed by atoms with Crippen molar-refractivity contribution in [2.45, 2.75) is 25.5 Å². The molecule has 3 rings (SSSR count). The molecule has 7 heteroatoms. The Hall–Kier alpha value is -1.50. The van der Waals surface area contributed by atoms with Gasteiger partial charge in [-0.1, -0.05) is 22.0 Å². The Balaban J connectivity index is 0.00000225. The van der Waals surface area contributed by atoms with E-state index in [1.54, 1.807) is 12.1 Å². The lowest BCUT2D eigenvalue weighted by Crippen LogP contribution is -2.46. The predicted molar refractivity (Wildman–Crippen MR) is 102 cm³/mol. The fourth-order valence-electron chi connectivity index (χ4n) is 2.83. The lowest BCUT2D eigenvalue weighted by atomic mass is 10.1. The molecule has 1 fully saturated rings. The second-order valence-corrected chi connectivity index (χ2v) is 6.81. The van der Waals surface area contributed by atoms with Crippen molar-refractivity contribution in [3.63, 3.8) is 0 Å². The van der Waals surface area contributed by atoms with Gasteiger partial charge in [-0.3, -0.25) is 4.79 Å². The van der Waals surface area contributed by atoms with E-state index in [4.69, 9.17) is 9.15 Å². The summed E-state index contributed by atoms with van der Waals surface area (Å²) in [5, 5.41) is 3.24. The van der Waals surface area contributed by atoms with E-state index in [2.05, 4.69) is 21.2 Å². The molecule has 25 heavy (non-hydrogen) atoms. The van der Waals surface area contributed by atoms with E-state index in [0.29, 0.717) is 24.2 Å². The minimum Gasteiger partial charge on any atom is -0.486 e. The zero-order valence-electron chi connectivity index (χ0n) is 14.0. The van der Waals surface area contributed by atoms with E-state index in [1.165, 1.54) is 0 Å². The van der Waals surface area contributed by atoms with Crippen LogP contribution < -0.4 is 10.1 Å². The maximum absolute atomic E-state index is 12.6. The van der Waals surface area contributed by atoms with Crippen LogP contribution in [-0.2, 0) is 6.61 Å². The first-order valence-corrected chi connectivity index (χ1v) is 8.88. The van der Waals surface area contributed by atoms with Crippen molar-refractivity contribution in [3.05, 3.63) is 52.4 Å². The Kier molecular flexibility index (Phi) is 7.35. The zero-order valence-corrected chi connectivity index (χ0v) is 16.4. The third kappa shape index (κ3) is 5.23. The fraction of sp³-hybridized carbons (Fsp3) is 0.389. The number of hydrogen-bond donors (Lipinski definition) is 1. The highest BCUT2D eigenvalue weighted by atomic mass is 79.9. The Morgan fingerprint density at radius 1 is 1.40 bits per heavy atom. The molecule has 1 aliphatic rings. The van der Waals surface area contributed by atoms with Crippen LogP contribution in [0.15, 0.2) is 45.3 Å². The van der Waals surface area contributed by atoms with Crippen molar-refractivity contribution < 1.29 is 13.9 Å². The van der Waals surface area contributed by atoms with Crippen LogP contribution in [0.4, 0.5) is 0 Å². The molecule has 1 unspecified atom stereocenters. The number of likely N-dealkylation sites (tertiary alicyclic amines) is 1. The second kappa shape index (κ2) is 9.27. The summed E-state index contributed by atoms with van der Waals surface area (Å²) >= 11 is 3.41. The normalized spacial score (nSPS) is 17.0. The molecule has 0 spiro atoms. The van der Waals surface area contributed by atoms with Gasteiger partial charge in [0, 0.05) is 23.6 Å². The summed E-state index contributed by atoms with van der Waals surface area (Å²) in [6.07, 6.45) is 2.11. The number of nitrogens with one attached hydrogen (secondary N) is 1. The lowest BCUT2D eigenvalue weighted by Gasteiger charge is -2.31. The largest absolute Gasteiger partial charge is 0.486 e. The van der Waals surface area contributed by atoms with Crippen molar-refractivity contribution in [1.29, 1.82) is 0 Å². The Morgan fingerprint density at radius 2 is 2.24 bits per heavy atom. The quantitative estimate of drug-likeness (QED) is 0.784. The van der Waals surface area contributed by atoms with Gasteiger partial charge >= 0.3 is 0 Å². The summed E-state index contributed by atoms with van der Waals surface area (Å²) in [6.45, 7) is 1.80. The topological polar surface area (TPSA) is 54.7 Å². The molecule has 2 heterocycles. The number of amides is 1. The molecule has 0 radical (unpaired) electrons. The predicted octanol–water partition coefficient (Wildman–Crippen LogP) is 3.87. The Morgan fingerprint density at radius 3 is 3.00 bits per heavy atom. The van der Waals surface area contributed by atoms with Crippen LogP contribution >= 0.6 is 28.3 Å². The monoisotopic (exact) mass is 428 g/mol. The Bertz CT molecular complexity index is 707. The molecule has 0 aliphatic carbocycles. The Labute approximate surface area is 162 Å². The van der Waals surface area contributed by atoms with Crippen molar-refractivity contribution in [2.75, 3.05) is 20.1 Å². The number of nitrogens with zero attached hydrogens (tertiary/aromatic N) is 1. The maximum Gasteiger partial charge on any atom is 0.289 e. The maximum atomic E-state index is 12.6. The van der Waals surface area contributed by atoms with E-state index < -0.39 is 0 Å². The van der Waals surface area contributed by atoms with Gasteiger partial charge < -0.3 is 19.4 Å². The van der Waals surface area contributed by atoms with E-state index in [1.807, 2.05) is 36.2 Å². The van der Waals surface area contributed by atoms with Crippen LogP contribution in [-0.4, -0.2) is 37.0 Å². The fourth-order valence-corrected chi connectivity index (χ4v) is 3.21. The molecule has 5 nitrogen and oxygen atoms in total. The minimum absolute atomic E-state index is 0. The third-order valence-corrected chi connectivity index (χ3v) is 4.66. The summed E-state index contributed by atoms with van der Waals surface area (Å²) in [5.41, 5.74) is 0. The average Bonchev–Trinajstić information content (AvgIpc) is 3.08. The number of carbonyl (C=O) groups excluding carboxylic acids is 1. The number of hydrogen-bond acceptors (Lipinski definition) is 4. The summed E-state index contributed by atoms with van der Waals surface area (Å²) < 4.78 is 12.3. The number of rotatable bonds is 5. The van der Waals surface area contributed by atoms with Crippen LogP contribution in [0.2, 0.25) is 0 Å². The molecule has 1 aromatic carbocycles. The van der Waals surface area contributed by atoms with Crippen molar-refractivity contribution in [1.82, 2.24) is 10.2 Å². The highest BCUT2D eigenvalue weighted by Crippen LogP contribution is 2.20. The first-order chi connectivity index (χ1) is 11.7. The molecule has 1 atom stereocenters. The smallest absolute Gasteiger partial charge is 0.289 e. The molecular weight excluding hydrogens is 408 g/mol. The standard InChI is InChI=1S/C18H21BrN2O3.ClH/c1-20-14-5-3-9-21(11-14)18(22)17-8-7-16(24-17)12-23-15-6-2-4-13(19)10-15;/h2,4,6-8,10,14,20H,3,5,9,11-12H2,1H3;1H. The zero-order chi connectivity index (χ0) is 16.9. The number of furan rings is 1. The van der Waals surface area contributed by atoms with Gasteiger partial charge in [0.25, 0.3) is 5.91 Å². The highest BCUT2D eigenvalue weighted by molar-refractivity contribution is 9.10. The second-order valence-electron chi connectivity index (χ2n) is 5.89. The lowest BCUT2D eigenvalue weighted by molar-refractivity contribution is 0.0662. The minimum atomic E-state index is -0.0522. The summed E-state index contributed by atoms with van der Waals surface area (Å²) in [7, 11) is 1.93. The van der Waals surface area contributed by atoms with Gasteiger partial charge in [-0.15, -0.1) is 12.4 Å². The molecule has 1 N–H and O–H groups in total. The van der Waals surface area contributed by atoms with Crippen molar-refractivity contribution >= 4 is 34.2 Å². The summed E-state index contributed by atoms with van der Waals surface area (Å²) in [4.78, 5) is 14.4. The van der Waals surface area contributed by atoms with Gasteiger partial charge in [0.05, 0.1) is 0 Å². The molecule has 1 saturated heterocycles. The SMILES string of the molecule is CNC1CCCN(C(=O)c2ccc(COc3cccc(Br)c3)o2)C1.Cl. The molecule has 136 valence electrons. The van der Waals surface area contributed by atoms with E-state index in [-0.39, 0.29) is 18.3 Å². The molecular formula is C18H22BrClN2O3. The molecule has 0 bridgehead atoms. The van der Waals surface area contributed by atoms with Crippen molar-refractivity contribution in [2.24, 2.45) is 0 Å². The van der Waals surface area contributed by atoms with E-state index in [0.717, 1.165) is 36.2 Å². The molecule has 1 amide bonds. The van der Waals surface area contributed by atoms with Crippen LogP contribution in [0.3, 0.4) is 0 Å². The number of likely N-dealkylation sites (N-methyl/N-ethyl adjacent to an activating group) is 1. The van der Waals surface area contributed by atoms with Crippen LogP contribution in [0, 0.1) is 0 Å². The van der Waals surface area contributed by atoms with Crippen molar-refractivity contribution in [3.8, 4) is 5.75 Å². The average molecular weight is 430 g/mol. The van der Waals surface area contributed by atoms with Gasteiger partial charge in [-0.2, -0.15) is 0 Å². The summed E-state index contributed by atoms with van der Waals surface area (Å²) in [5.74, 6) is 1.71. The van der Waals surface area contributed by atoms with Gasteiger partial charge in [-0.05, 0) is 50.2 Å².